The smallest absolute Gasteiger partial charge is 0.338 e. The number of hydrogen-bond acceptors (Lipinski definition) is 6. The van der Waals surface area contributed by atoms with Crippen LogP contribution in [0, 0.1) is 0 Å². The predicted octanol–water partition coefficient (Wildman–Crippen LogP) is 2.67. The van der Waals surface area contributed by atoms with Gasteiger partial charge in [-0.05, 0) is 62.4 Å². The fraction of sp³-hybridized carbons (Fsp3) is 0.263. The van der Waals surface area contributed by atoms with Crippen molar-refractivity contribution in [3.8, 4) is 5.75 Å². The number of hydrogen-bond donors (Lipinski definition) is 1. The number of carbonyl (C=O) groups excluding carboxylic acids is 2. The molecule has 0 unspecified atom stereocenters. The summed E-state index contributed by atoms with van der Waals surface area (Å²) in [6, 6.07) is 12.1. The number of nitrogens with one attached hydrogen (secondary N) is 1. The number of esters is 1. The third-order valence-corrected chi connectivity index (χ3v) is 4.73. The SMILES string of the molecule is CCOc1ccc(NC(=O)[C@@H](C)OC(=O)c2ccc(S(C)(=O)=O)cc2)cc1. The monoisotopic (exact) mass is 391 g/mol. The highest BCUT2D eigenvalue weighted by Gasteiger charge is 2.19. The Balaban J connectivity index is 1.95. The lowest BCUT2D eigenvalue weighted by atomic mass is 10.2. The molecule has 0 fully saturated rings. The zero-order valence-corrected chi connectivity index (χ0v) is 16.1. The second kappa shape index (κ2) is 8.68. The van der Waals surface area contributed by atoms with Gasteiger partial charge in [-0.15, -0.1) is 0 Å². The molecule has 2 aromatic carbocycles. The molecule has 0 saturated heterocycles. The molecule has 0 heterocycles. The molecule has 0 saturated carbocycles. The van der Waals surface area contributed by atoms with Crippen LogP contribution in [0.5, 0.6) is 5.75 Å². The van der Waals surface area contributed by atoms with Crippen molar-refractivity contribution in [1.82, 2.24) is 0 Å². The minimum absolute atomic E-state index is 0.0975. The van der Waals surface area contributed by atoms with Crippen LogP contribution in [-0.2, 0) is 19.4 Å². The van der Waals surface area contributed by atoms with Crippen molar-refractivity contribution < 1.29 is 27.5 Å². The number of ether oxygens (including phenoxy) is 2. The summed E-state index contributed by atoms with van der Waals surface area (Å²) in [5.41, 5.74) is 0.701. The molecule has 27 heavy (non-hydrogen) atoms. The third-order valence-electron chi connectivity index (χ3n) is 3.60. The quantitative estimate of drug-likeness (QED) is 0.729. The van der Waals surface area contributed by atoms with E-state index in [9.17, 15) is 18.0 Å². The average Bonchev–Trinajstić information content (AvgIpc) is 2.63. The van der Waals surface area contributed by atoms with E-state index in [0.29, 0.717) is 18.0 Å². The first kappa shape index (κ1) is 20.4. The summed E-state index contributed by atoms with van der Waals surface area (Å²) in [5, 5.41) is 2.65. The number of benzene rings is 2. The Morgan fingerprint density at radius 1 is 1.04 bits per heavy atom. The summed E-state index contributed by atoms with van der Waals surface area (Å²) in [5.74, 6) is -0.517. The van der Waals surface area contributed by atoms with Gasteiger partial charge in [0, 0.05) is 11.9 Å². The molecule has 0 bridgehead atoms. The zero-order chi connectivity index (χ0) is 20.0. The van der Waals surface area contributed by atoms with Crippen LogP contribution in [0.1, 0.15) is 24.2 Å². The lowest BCUT2D eigenvalue weighted by Crippen LogP contribution is -2.30. The van der Waals surface area contributed by atoms with E-state index in [4.69, 9.17) is 9.47 Å². The Morgan fingerprint density at radius 3 is 2.15 bits per heavy atom. The van der Waals surface area contributed by atoms with Crippen LogP contribution in [0.3, 0.4) is 0 Å². The number of carbonyl (C=O) groups is 2. The third kappa shape index (κ3) is 5.82. The molecular formula is C19H21NO6S. The van der Waals surface area contributed by atoms with Gasteiger partial charge in [0.2, 0.25) is 0 Å². The zero-order valence-electron chi connectivity index (χ0n) is 15.3. The van der Waals surface area contributed by atoms with Gasteiger partial charge in [0.25, 0.3) is 5.91 Å². The van der Waals surface area contributed by atoms with Crippen LogP contribution in [0.25, 0.3) is 0 Å². The highest BCUT2D eigenvalue weighted by atomic mass is 32.2. The van der Waals surface area contributed by atoms with E-state index in [0.717, 1.165) is 6.26 Å². The average molecular weight is 391 g/mol. The van der Waals surface area contributed by atoms with Gasteiger partial charge in [-0.2, -0.15) is 0 Å². The van der Waals surface area contributed by atoms with E-state index >= 15 is 0 Å². The Kier molecular flexibility index (Phi) is 6.57. The van der Waals surface area contributed by atoms with Crippen molar-refractivity contribution in [3.63, 3.8) is 0 Å². The van der Waals surface area contributed by atoms with Crippen molar-refractivity contribution >= 4 is 27.4 Å². The first-order valence-corrected chi connectivity index (χ1v) is 10.1. The highest BCUT2D eigenvalue weighted by molar-refractivity contribution is 7.90. The molecule has 144 valence electrons. The Labute approximate surface area is 158 Å². The van der Waals surface area contributed by atoms with Gasteiger partial charge in [-0.3, -0.25) is 4.79 Å². The van der Waals surface area contributed by atoms with Crippen molar-refractivity contribution in [3.05, 3.63) is 54.1 Å². The molecule has 1 atom stereocenters. The maximum absolute atomic E-state index is 12.2. The summed E-state index contributed by atoms with van der Waals surface area (Å²) in [6.07, 6.45) is 0.0480. The van der Waals surface area contributed by atoms with Crippen LogP contribution in [0.15, 0.2) is 53.4 Å². The van der Waals surface area contributed by atoms with E-state index in [1.54, 1.807) is 24.3 Å². The lowest BCUT2D eigenvalue weighted by Gasteiger charge is -2.14. The van der Waals surface area contributed by atoms with Crippen molar-refractivity contribution in [2.75, 3.05) is 18.2 Å². The van der Waals surface area contributed by atoms with Crippen LogP contribution in [0.2, 0.25) is 0 Å². The summed E-state index contributed by atoms with van der Waals surface area (Å²) in [6.45, 7) is 3.87. The minimum Gasteiger partial charge on any atom is -0.494 e. The Bertz CT molecular complexity index is 904. The number of amides is 1. The minimum atomic E-state index is -3.35. The molecule has 0 aliphatic rings. The van der Waals surface area contributed by atoms with E-state index in [1.807, 2.05) is 6.92 Å². The molecule has 2 aromatic rings. The molecular weight excluding hydrogens is 370 g/mol. The molecule has 0 aliphatic heterocycles. The van der Waals surface area contributed by atoms with Gasteiger partial charge < -0.3 is 14.8 Å². The first-order chi connectivity index (χ1) is 12.7. The number of sulfone groups is 1. The molecule has 0 aromatic heterocycles. The summed E-state index contributed by atoms with van der Waals surface area (Å²) in [7, 11) is -3.35. The van der Waals surface area contributed by atoms with Crippen molar-refractivity contribution in [2.45, 2.75) is 24.8 Å². The van der Waals surface area contributed by atoms with Crippen LogP contribution in [-0.4, -0.2) is 39.3 Å². The molecule has 2 rings (SSSR count). The van der Waals surface area contributed by atoms with E-state index in [2.05, 4.69) is 5.32 Å². The highest BCUT2D eigenvalue weighted by Crippen LogP contribution is 2.16. The van der Waals surface area contributed by atoms with Crippen LogP contribution in [0.4, 0.5) is 5.69 Å². The van der Waals surface area contributed by atoms with Gasteiger partial charge >= 0.3 is 5.97 Å². The maximum Gasteiger partial charge on any atom is 0.338 e. The summed E-state index contributed by atoms with van der Waals surface area (Å²) < 4.78 is 33.3. The molecule has 1 amide bonds. The standard InChI is InChI=1S/C19H21NO6S/c1-4-25-16-9-7-15(8-10-16)20-18(21)13(2)26-19(22)14-5-11-17(12-6-14)27(3,23)24/h5-13H,4H2,1-3H3,(H,20,21)/t13-/m1/s1. The first-order valence-electron chi connectivity index (χ1n) is 8.25. The molecule has 0 radical (unpaired) electrons. The Hall–Kier alpha value is -2.87. The molecule has 0 aliphatic carbocycles. The second-order valence-corrected chi connectivity index (χ2v) is 7.81. The normalized spacial score (nSPS) is 12.1. The second-order valence-electron chi connectivity index (χ2n) is 5.79. The van der Waals surface area contributed by atoms with Gasteiger partial charge in [0.05, 0.1) is 17.1 Å². The van der Waals surface area contributed by atoms with Gasteiger partial charge in [0.1, 0.15) is 5.75 Å². The summed E-state index contributed by atoms with van der Waals surface area (Å²) in [4.78, 5) is 24.4. The Morgan fingerprint density at radius 2 is 1.63 bits per heavy atom. The molecule has 7 nitrogen and oxygen atoms in total. The van der Waals surface area contributed by atoms with Gasteiger partial charge in [-0.1, -0.05) is 0 Å². The number of rotatable bonds is 7. The molecule has 1 N–H and O–H groups in total. The van der Waals surface area contributed by atoms with E-state index < -0.39 is 27.8 Å². The molecule has 0 spiro atoms. The van der Waals surface area contributed by atoms with Crippen LogP contribution >= 0.6 is 0 Å². The van der Waals surface area contributed by atoms with Gasteiger partial charge in [0.15, 0.2) is 15.9 Å². The summed E-state index contributed by atoms with van der Waals surface area (Å²) >= 11 is 0. The predicted molar refractivity (Wildman–Crippen MR) is 101 cm³/mol. The van der Waals surface area contributed by atoms with Gasteiger partial charge in [-0.25, -0.2) is 13.2 Å². The lowest BCUT2D eigenvalue weighted by molar-refractivity contribution is -0.123. The maximum atomic E-state index is 12.2. The molecule has 8 heteroatoms. The largest absolute Gasteiger partial charge is 0.494 e. The van der Waals surface area contributed by atoms with Crippen molar-refractivity contribution in [1.29, 1.82) is 0 Å². The van der Waals surface area contributed by atoms with E-state index in [-0.39, 0.29) is 10.5 Å². The topological polar surface area (TPSA) is 98.8 Å². The van der Waals surface area contributed by atoms with E-state index in [1.165, 1.54) is 31.2 Å². The van der Waals surface area contributed by atoms with Crippen molar-refractivity contribution in [2.24, 2.45) is 0 Å². The van der Waals surface area contributed by atoms with Crippen LogP contribution < -0.4 is 10.1 Å². The number of anilines is 1. The fourth-order valence-corrected chi connectivity index (χ4v) is 2.80. The fourth-order valence-electron chi connectivity index (χ4n) is 2.17.